The Kier molecular flexibility index (Phi) is 2.10. The Morgan fingerprint density at radius 3 is 2.62 bits per heavy atom. The van der Waals surface area contributed by atoms with Crippen molar-refractivity contribution < 1.29 is 0 Å². The Bertz CT molecular complexity index is 284. The zero-order chi connectivity index (χ0) is 9.42. The van der Waals surface area contributed by atoms with Crippen molar-refractivity contribution in [2.75, 3.05) is 0 Å². The predicted octanol–water partition coefficient (Wildman–Crippen LogP) is 1.96. The summed E-state index contributed by atoms with van der Waals surface area (Å²) < 4.78 is 1.90. The minimum atomic E-state index is 0.667. The van der Waals surface area contributed by atoms with Crippen LogP contribution in [0.3, 0.4) is 0 Å². The van der Waals surface area contributed by atoms with Gasteiger partial charge in [0.2, 0.25) is 0 Å². The van der Waals surface area contributed by atoms with Crippen LogP contribution in [0.25, 0.3) is 0 Å². The monoisotopic (exact) mass is 179 g/mol. The van der Waals surface area contributed by atoms with Crippen molar-refractivity contribution in [3.63, 3.8) is 0 Å². The van der Waals surface area contributed by atoms with Gasteiger partial charge in [0.05, 0.1) is 0 Å². The van der Waals surface area contributed by atoms with Crippen LogP contribution in [0.4, 0.5) is 0 Å². The van der Waals surface area contributed by atoms with E-state index in [0.29, 0.717) is 5.92 Å². The van der Waals surface area contributed by atoms with E-state index < -0.39 is 0 Å². The Labute approximate surface area is 79.2 Å². The minimum absolute atomic E-state index is 0.667. The van der Waals surface area contributed by atoms with Gasteiger partial charge in [-0.25, -0.2) is 4.98 Å². The number of nitrogens with zero attached hydrogens (tertiary/aromatic N) is 3. The van der Waals surface area contributed by atoms with Gasteiger partial charge in [-0.05, 0) is 24.7 Å². The normalized spacial score (nSPS) is 27.7. The maximum absolute atomic E-state index is 4.28. The van der Waals surface area contributed by atoms with E-state index in [1.807, 2.05) is 11.7 Å². The summed E-state index contributed by atoms with van der Waals surface area (Å²) in [5, 5.41) is 4.09. The molecule has 0 radical (unpaired) electrons. The molecule has 1 aliphatic carbocycles. The third-order valence-corrected chi connectivity index (χ3v) is 3.23. The summed E-state index contributed by atoms with van der Waals surface area (Å²) in [6.07, 6.45) is 4.24. The van der Waals surface area contributed by atoms with E-state index in [2.05, 4.69) is 23.9 Å². The lowest BCUT2D eigenvalue weighted by atomic mass is 9.69. The number of hydrogen-bond acceptors (Lipinski definition) is 2. The summed E-state index contributed by atoms with van der Waals surface area (Å²) in [4.78, 5) is 4.28. The second kappa shape index (κ2) is 3.13. The molecule has 1 saturated carbocycles. The Morgan fingerprint density at radius 2 is 2.15 bits per heavy atom. The van der Waals surface area contributed by atoms with E-state index in [4.69, 9.17) is 0 Å². The quantitative estimate of drug-likeness (QED) is 0.695. The Hall–Kier alpha value is -0.860. The van der Waals surface area contributed by atoms with Crippen LogP contribution in [0.2, 0.25) is 0 Å². The van der Waals surface area contributed by atoms with Gasteiger partial charge in [0.25, 0.3) is 0 Å². The highest BCUT2D eigenvalue weighted by atomic mass is 15.3. The highest BCUT2D eigenvalue weighted by Crippen LogP contribution is 2.44. The zero-order valence-electron chi connectivity index (χ0n) is 8.57. The van der Waals surface area contributed by atoms with E-state index in [1.165, 1.54) is 12.8 Å². The van der Waals surface area contributed by atoms with E-state index in [1.54, 1.807) is 6.33 Å². The molecule has 13 heavy (non-hydrogen) atoms. The first-order chi connectivity index (χ1) is 6.18. The number of aryl methyl sites for hydroxylation is 1. The third-order valence-electron chi connectivity index (χ3n) is 3.23. The van der Waals surface area contributed by atoms with Crippen molar-refractivity contribution in [3.8, 4) is 0 Å². The molecule has 0 bridgehead atoms. The van der Waals surface area contributed by atoms with Crippen LogP contribution in [0.15, 0.2) is 6.33 Å². The summed E-state index contributed by atoms with van der Waals surface area (Å²) in [6, 6.07) is 0. The highest BCUT2D eigenvalue weighted by molar-refractivity contribution is 5.03. The molecule has 1 fully saturated rings. The molecule has 3 heteroatoms. The molecule has 2 rings (SSSR count). The van der Waals surface area contributed by atoms with Crippen LogP contribution < -0.4 is 0 Å². The largest absolute Gasteiger partial charge is 0.253 e. The second-order valence-electron chi connectivity index (χ2n) is 4.41. The Morgan fingerprint density at radius 1 is 1.46 bits per heavy atom. The van der Waals surface area contributed by atoms with Crippen molar-refractivity contribution in [1.29, 1.82) is 0 Å². The fourth-order valence-corrected chi connectivity index (χ4v) is 2.09. The van der Waals surface area contributed by atoms with Crippen LogP contribution in [-0.2, 0) is 7.05 Å². The lowest BCUT2D eigenvalue weighted by molar-refractivity contribution is 0.187. The van der Waals surface area contributed by atoms with Crippen LogP contribution >= 0.6 is 0 Å². The molecular formula is C10H17N3. The van der Waals surface area contributed by atoms with Gasteiger partial charge in [0.1, 0.15) is 12.2 Å². The molecule has 0 N–H and O–H groups in total. The average molecular weight is 179 g/mol. The molecule has 0 amide bonds. The van der Waals surface area contributed by atoms with Crippen molar-refractivity contribution in [2.24, 2.45) is 18.9 Å². The fourth-order valence-electron chi connectivity index (χ4n) is 2.09. The van der Waals surface area contributed by atoms with Crippen LogP contribution in [0.5, 0.6) is 0 Å². The minimum Gasteiger partial charge on any atom is -0.253 e. The van der Waals surface area contributed by atoms with Gasteiger partial charge in [-0.3, -0.25) is 4.68 Å². The zero-order valence-corrected chi connectivity index (χ0v) is 8.57. The Balaban J connectivity index is 1.97. The van der Waals surface area contributed by atoms with E-state index >= 15 is 0 Å². The molecule has 0 atom stereocenters. The molecule has 1 aliphatic rings. The fraction of sp³-hybridized carbons (Fsp3) is 0.800. The number of aromatic nitrogens is 3. The van der Waals surface area contributed by atoms with Crippen LogP contribution in [-0.4, -0.2) is 14.8 Å². The smallest absolute Gasteiger partial charge is 0.138 e. The molecule has 0 aliphatic heterocycles. The molecule has 1 aromatic heterocycles. The molecule has 0 spiro atoms. The maximum atomic E-state index is 4.28. The van der Waals surface area contributed by atoms with Gasteiger partial charge < -0.3 is 0 Å². The first kappa shape index (κ1) is 8.73. The van der Waals surface area contributed by atoms with E-state index in [0.717, 1.165) is 17.7 Å². The standard InChI is InChI=1S/C10H17N3/c1-7(2)8-4-9(5-8)10-11-6-12-13(10)3/h6-9H,4-5H2,1-3H3. The SMILES string of the molecule is CC(C)C1CC(c2ncnn2C)C1. The van der Waals surface area contributed by atoms with Gasteiger partial charge in [-0.2, -0.15) is 5.10 Å². The number of rotatable bonds is 2. The molecule has 0 aromatic carbocycles. The molecule has 0 unspecified atom stereocenters. The highest BCUT2D eigenvalue weighted by Gasteiger charge is 2.34. The summed E-state index contributed by atoms with van der Waals surface area (Å²) in [5.74, 6) is 3.56. The van der Waals surface area contributed by atoms with Crippen molar-refractivity contribution in [1.82, 2.24) is 14.8 Å². The molecular weight excluding hydrogens is 162 g/mol. The molecule has 1 aromatic rings. The van der Waals surface area contributed by atoms with Crippen molar-refractivity contribution >= 4 is 0 Å². The number of hydrogen-bond donors (Lipinski definition) is 0. The average Bonchev–Trinajstić information content (AvgIpc) is 2.32. The maximum Gasteiger partial charge on any atom is 0.138 e. The van der Waals surface area contributed by atoms with Crippen molar-refractivity contribution in [2.45, 2.75) is 32.6 Å². The van der Waals surface area contributed by atoms with Crippen molar-refractivity contribution in [3.05, 3.63) is 12.2 Å². The first-order valence-corrected chi connectivity index (χ1v) is 5.02. The van der Waals surface area contributed by atoms with Gasteiger partial charge in [-0.15, -0.1) is 0 Å². The lowest BCUT2D eigenvalue weighted by Crippen LogP contribution is -2.28. The lowest BCUT2D eigenvalue weighted by Gasteiger charge is -2.37. The molecule has 3 nitrogen and oxygen atoms in total. The molecule has 1 heterocycles. The molecule has 0 saturated heterocycles. The second-order valence-corrected chi connectivity index (χ2v) is 4.41. The van der Waals surface area contributed by atoms with E-state index in [-0.39, 0.29) is 0 Å². The topological polar surface area (TPSA) is 30.7 Å². The molecule has 72 valence electrons. The first-order valence-electron chi connectivity index (χ1n) is 5.02. The van der Waals surface area contributed by atoms with Gasteiger partial charge in [-0.1, -0.05) is 13.8 Å². The van der Waals surface area contributed by atoms with Gasteiger partial charge in [0.15, 0.2) is 0 Å². The van der Waals surface area contributed by atoms with Crippen LogP contribution in [0.1, 0.15) is 38.4 Å². The van der Waals surface area contributed by atoms with E-state index in [9.17, 15) is 0 Å². The van der Waals surface area contributed by atoms with Gasteiger partial charge in [0, 0.05) is 13.0 Å². The van der Waals surface area contributed by atoms with Crippen LogP contribution in [0, 0.1) is 11.8 Å². The summed E-state index contributed by atoms with van der Waals surface area (Å²) >= 11 is 0. The summed E-state index contributed by atoms with van der Waals surface area (Å²) in [7, 11) is 1.98. The predicted molar refractivity (Wildman–Crippen MR) is 51.3 cm³/mol. The summed E-state index contributed by atoms with van der Waals surface area (Å²) in [6.45, 7) is 4.61. The van der Waals surface area contributed by atoms with Gasteiger partial charge >= 0.3 is 0 Å². The third kappa shape index (κ3) is 1.47. The summed E-state index contributed by atoms with van der Waals surface area (Å²) in [5.41, 5.74) is 0.